The van der Waals surface area contributed by atoms with Crippen molar-refractivity contribution < 1.29 is 22.7 Å². The Kier molecular flexibility index (Phi) is 3.15. The number of rotatable bonds is 2. The number of thiazole rings is 1. The van der Waals surface area contributed by atoms with Crippen LogP contribution < -0.4 is 0 Å². The molecular weight excluding hydrogens is 279 g/mol. The highest BCUT2D eigenvalue weighted by atomic mass is 35.5. The molecule has 2 aromatic heterocycles. The largest absolute Gasteiger partial charge is 0.453 e. The van der Waals surface area contributed by atoms with Crippen LogP contribution in [-0.2, 0) is 6.18 Å². The third-order valence-electron chi connectivity index (χ3n) is 1.98. The molecule has 0 bridgehead atoms. The lowest BCUT2D eigenvalue weighted by molar-refractivity contribution is -0.137. The summed E-state index contributed by atoms with van der Waals surface area (Å²) in [7, 11) is 0. The zero-order chi connectivity index (χ0) is 12.6. The first-order valence-electron chi connectivity index (χ1n) is 4.33. The van der Waals surface area contributed by atoms with Crippen molar-refractivity contribution in [3.63, 3.8) is 0 Å². The van der Waals surface area contributed by atoms with Gasteiger partial charge in [0, 0.05) is 11.8 Å². The van der Waals surface area contributed by atoms with E-state index in [0.717, 1.165) is 6.20 Å². The maximum atomic E-state index is 12.3. The van der Waals surface area contributed by atoms with Gasteiger partial charge >= 0.3 is 6.18 Å². The van der Waals surface area contributed by atoms with Crippen LogP contribution in [0, 0.1) is 0 Å². The van der Waals surface area contributed by atoms with Crippen LogP contribution in [0.15, 0.2) is 22.9 Å². The molecule has 0 spiro atoms. The fraction of sp³-hybridized carbons (Fsp3) is 0.222. The number of furan rings is 1. The predicted molar refractivity (Wildman–Crippen MR) is 54.9 cm³/mol. The Bertz CT molecular complexity index is 522. The third-order valence-corrected chi connectivity index (χ3v) is 3.38. The Morgan fingerprint density at radius 2 is 2.18 bits per heavy atom. The highest BCUT2D eigenvalue weighted by Gasteiger charge is 2.35. The number of hydrogen-bond donors (Lipinski definition) is 1. The van der Waals surface area contributed by atoms with Crippen molar-refractivity contribution in [1.29, 1.82) is 0 Å². The predicted octanol–water partition coefficient (Wildman–Crippen LogP) is 3.49. The molecule has 0 radical (unpaired) electrons. The molecule has 2 rings (SSSR count). The maximum Gasteiger partial charge on any atom is 0.443 e. The molecule has 17 heavy (non-hydrogen) atoms. The molecule has 0 fully saturated rings. The normalized spacial score (nSPS) is 13.9. The molecule has 0 aliphatic carbocycles. The van der Waals surface area contributed by atoms with Crippen LogP contribution in [0.5, 0.6) is 0 Å². The molecule has 0 aromatic carbocycles. The van der Waals surface area contributed by atoms with Crippen molar-refractivity contribution in [2.45, 2.75) is 12.3 Å². The molecule has 2 aromatic rings. The lowest BCUT2D eigenvalue weighted by Gasteiger charge is -2.05. The maximum absolute atomic E-state index is 12.3. The van der Waals surface area contributed by atoms with Crippen LogP contribution in [0.2, 0.25) is 5.22 Å². The van der Waals surface area contributed by atoms with Gasteiger partial charge in [-0.05, 0) is 17.7 Å². The monoisotopic (exact) mass is 283 g/mol. The summed E-state index contributed by atoms with van der Waals surface area (Å²) < 4.78 is 41.7. The summed E-state index contributed by atoms with van der Waals surface area (Å²) in [5, 5.41) is 8.74. The minimum atomic E-state index is -4.51. The van der Waals surface area contributed by atoms with E-state index in [1.165, 1.54) is 12.3 Å². The van der Waals surface area contributed by atoms with E-state index in [9.17, 15) is 18.3 Å². The molecular formula is C9H5ClF3NO2S. The average molecular weight is 284 g/mol. The quantitative estimate of drug-likeness (QED) is 0.918. The molecule has 0 aliphatic rings. The van der Waals surface area contributed by atoms with Crippen LogP contribution in [0.25, 0.3) is 0 Å². The molecule has 0 aliphatic heterocycles. The van der Waals surface area contributed by atoms with Crippen molar-refractivity contribution >= 4 is 22.9 Å². The fourth-order valence-corrected chi connectivity index (χ4v) is 2.20. The van der Waals surface area contributed by atoms with Gasteiger partial charge in [0.1, 0.15) is 6.10 Å². The van der Waals surface area contributed by atoms with E-state index in [-0.39, 0.29) is 15.7 Å². The van der Waals surface area contributed by atoms with Crippen LogP contribution in [0.4, 0.5) is 13.2 Å². The topological polar surface area (TPSA) is 46.3 Å². The van der Waals surface area contributed by atoms with E-state index in [2.05, 4.69) is 4.98 Å². The van der Waals surface area contributed by atoms with Crippen LogP contribution in [-0.4, -0.2) is 10.1 Å². The second kappa shape index (κ2) is 4.32. The second-order valence-corrected chi connectivity index (χ2v) is 4.52. The van der Waals surface area contributed by atoms with Gasteiger partial charge in [-0.2, -0.15) is 13.2 Å². The lowest BCUT2D eigenvalue weighted by atomic mass is 10.2. The molecule has 1 N–H and O–H groups in total. The lowest BCUT2D eigenvalue weighted by Crippen LogP contribution is -2.03. The number of aliphatic hydroxyl groups excluding tert-OH is 1. The Balaban J connectivity index is 2.30. The third kappa shape index (κ3) is 2.46. The molecule has 1 unspecified atom stereocenters. The van der Waals surface area contributed by atoms with E-state index in [0.29, 0.717) is 11.3 Å². The van der Waals surface area contributed by atoms with Crippen LogP contribution in [0.1, 0.15) is 21.6 Å². The first kappa shape index (κ1) is 12.4. The fourth-order valence-electron chi connectivity index (χ4n) is 1.20. The number of aromatic nitrogens is 1. The Morgan fingerprint density at radius 3 is 2.65 bits per heavy atom. The second-order valence-electron chi connectivity index (χ2n) is 3.12. The summed E-state index contributed by atoms with van der Waals surface area (Å²) in [5.41, 5.74) is 0.212. The van der Waals surface area contributed by atoms with E-state index in [4.69, 9.17) is 16.0 Å². The zero-order valence-corrected chi connectivity index (χ0v) is 9.60. The van der Waals surface area contributed by atoms with Gasteiger partial charge in [-0.1, -0.05) is 0 Å². The average Bonchev–Trinajstić information content (AvgIpc) is 2.83. The number of alkyl halides is 3. The highest BCUT2D eigenvalue weighted by molar-refractivity contribution is 7.11. The van der Waals surface area contributed by atoms with Crippen molar-refractivity contribution in [2.75, 3.05) is 0 Å². The molecule has 3 nitrogen and oxygen atoms in total. The highest BCUT2D eigenvalue weighted by Crippen LogP contribution is 2.37. The summed E-state index contributed by atoms with van der Waals surface area (Å²) in [5.74, 6) is 0. The van der Waals surface area contributed by atoms with Gasteiger partial charge in [0.05, 0.1) is 11.1 Å². The van der Waals surface area contributed by atoms with E-state index in [1.807, 2.05) is 0 Å². The molecule has 0 saturated carbocycles. The number of aliphatic hydroxyl groups is 1. The van der Waals surface area contributed by atoms with Crippen molar-refractivity contribution in [1.82, 2.24) is 4.98 Å². The van der Waals surface area contributed by atoms with Crippen LogP contribution >= 0.6 is 22.9 Å². The van der Waals surface area contributed by atoms with Gasteiger partial charge in [0.25, 0.3) is 0 Å². The SMILES string of the molecule is OC(c1cnc(C(F)(F)F)s1)c1ccoc1Cl. The molecule has 2 heterocycles. The molecule has 92 valence electrons. The number of hydrogen-bond acceptors (Lipinski definition) is 4. The Labute approximate surface area is 102 Å². The smallest absolute Gasteiger partial charge is 0.443 e. The van der Waals surface area contributed by atoms with Gasteiger partial charge in [-0.3, -0.25) is 0 Å². The Morgan fingerprint density at radius 1 is 1.47 bits per heavy atom. The number of nitrogens with zero attached hydrogens (tertiary/aromatic N) is 1. The summed E-state index contributed by atoms with van der Waals surface area (Å²) in [6, 6.07) is 1.39. The minimum Gasteiger partial charge on any atom is -0.453 e. The molecule has 8 heteroatoms. The van der Waals surface area contributed by atoms with Gasteiger partial charge in [0.2, 0.25) is 0 Å². The van der Waals surface area contributed by atoms with Gasteiger partial charge in [0.15, 0.2) is 10.2 Å². The summed E-state index contributed by atoms with van der Waals surface area (Å²) in [4.78, 5) is 3.26. The molecule has 0 amide bonds. The first-order chi connectivity index (χ1) is 7.89. The van der Waals surface area contributed by atoms with Gasteiger partial charge in [-0.15, -0.1) is 11.3 Å². The van der Waals surface area contributed by atoms with E-state index >= 15 is 0 Å². The minimum absolute atomic E-state index is 0.0561. The summed E-state index contributed by atoms with van der Waals surface area (Å²) >= 11 is 5.99. The number of halogens is 4. The van der Waals surface area contributed by atoms with Gasteiger partial charge in [-0.25, -0.2) is 4.98 Å². The van der Waals surface area contributed by atoms with E-state index in [1.54, 1.807) is 0 Å². The molecule has 0 saturated heterocycles. The first-order valence-corrected chi connectivity index (χ1v) is 5.53. The molecule has 1 atom stereocenters. The Hall–Kier alpha value is -1.05. The van der Waals surface area contributed by atoms with Crippen molar-refractivity contribution in [3.05, 3.63) is 39.2 Å². The van der Waals surface area contributed by atoms with Crippen molar-refractivity contribution in [3.8, 4) is 0 Å². The van der Waals surface area contributed by atoms with Gasteiger partial charge < -0.3 is 9.52 Å². The zero-order valence-electron chi connectivity index (χ0n) is 8.03. The summed E-state index contributed by atoms with van der Waals surface area (Å²) in [6.45, 7) is 0. The summed E-state index contributed by atoms with van der Waals surface area (Å²) in [6.07, 6.45) is -3.56. The van der Waals surface area contributed by atoms with Crippen LogP contribution in [0.3, 0.4) is 0 Å². The van der Waals surface area contributed by atoms with E-state index < -0.39 is 17.3 Å². The standard InChI is InChI=1S/C9H5ClF3NO2S/c10-7-4(1-2-16-7)6(15)5-3-14-8(17-5)9(11,12)13/h1-3,6,15H. The van der Waals surface area contributed by atoms with Crippen molar-refractivity contribution in [2.24, 2.45) is 0 Å².